The molecule has 1 aliphatic rings. The van der Waals surface area contributed by atoms with Gasteiger partial charge in [-0.3, -0.25) is 13.6 Å². The van der Waals surface area contributed by atoms with Crippen molar-refractivity contribution in [3.05, 3.63) is 0 Å². The predicted molar refractivity (Wildman–Crippen MR) is 66.2 cm³/mol. The van der Waals surface area contributed by atoms with E-state index in [1.807, 2.05) is 0 Å². The Kier molecular flexibility index (Phi) is 4.76. The third-order valence-corrected chi connectivity index (χ3v) is 5.36. The summed E-state index contributed by atoms with van der Waals surface area (Å²) in [6, 6.07) is 0. The first-order valence-electron chi connectivity index (χ1n) is 5.63. The molecule has 1 N–H and O–H groups in total. The van der Waals surface area contributed by atoms with Crippen LogP contribution in [-0.4, -0.2) is 57.1 Å². The summed E-state index contributed by atoms with van der Waals surface area (Å²) in [5, 5.41) is 0. The molecule has 0 amide bonds. The third-order valence-electron chi connectivity index (χ3n) is 3.19. The molecule has 0 saturated carbocycles. The molecule has 0 bridgehead atoms. The molecule has 18 heavy (non-hydrogen) atoms. The molecule has 108 valence electrons. The molecular formula is C9H19NO6S2. The number of nitrogens with zero attached hydrogens (tertiary/aromatic N) is 1. The number of hydrogen-bond donors (Lipinski definition) is 1. The van der Waals surface area contributed by atoms with Gasteiger partial charge in [-0.1, -0.05) is 0 Å². The summed E-state index contributed by atoms with van der Waals surface area (Å²) in [7, 11) is -7.93. The maximum absolute atomic E-state index is 11.5. The summed E-state index contributed by atoms with van der Waals surface area (Å²) < 4.78 is 58.6. The molecule has 9 heteroatoms. The summed E-state index contributed by atoms with van der Waals surface area (Å²) >= 11 is 0. The highest BCUT2D eigenvalue weighted by Crippen LogP contribution is 2.29. The zero-order chi connectivity index (χ0) is 14.0. The van der Waals surface area contributed by atoms with Crippen molar-refractivity contribution in [1.29, 1.82) is 0 Å². The van der Waals surface area contributed by atoms with E-state index < -0.39 is 25.1 Å². The Hall–Kier alpha value is -0.220. The fraction of sp³-hybridized carbons (Fsp3) is 1.00. The van der Waals surface area contributed by atoms with Crippen LogP contribution < -0.4 is 0 Å². The van der Waals surface area contributed by atoms with E-state index in [0.717, 1.165) is 19.1 Å². The molecule has 0 aromatic carbocycles. The Balaban J connectivity index is 2.79. The standard InChI is InChI=1S/C9H19NO6S2/c1-9(18(13,14)15,10-6-3-4-7-10)5-8-16-17(2,11)12/h3-8H2,1-2H3,(H,13,14,15). The first kappa shape index (κ1) is 15.8. The second-order valence-electron chi connectivity index (χ2n) is 4.62. The van der Waals surface area contributed by atoms with Gasteiger partial charge in [-0.15, -0.1) is 0 Å². The Labute approximate surface area is 108 Å². The topological polar surface area (TPSA) is 101 Å². The zero-order valence-corrected chi connectivity index (χ0v) is 12.1. The van der Waals surface area contributed by atoms with Crippen molar-refractivity contribution < 1.29 is 25.6 Å². The normalized spacial score (nSPS) is 21.9. The van der Waals surface area contributed by atoms with Crippen LogP contribution in [0.4, 0.5) is 0 Å². The van der Waals surface area contributed by atoms with E-state index in [4.69, 9.17) is 0 Å². The van der Waals surface area contributed by atoms with Gasteiger partial charge in [0.25, 0.3) is 20.2 Å². The van der Waals surface area contributed by atoms with Crippen LogP contribution in [0.3, 0.4) is 0 Å². The number of rotatable bonds is 6. The molecule has 0 spiro atoms. The van der Waals surface area contributed by atoms with Crippen LogP contribution in [0, 0.1) is 0 Å². The molecule has 0 radical (unpaired) electrons. The Morgan fingerprint density at radius 1 is 1.22 bits per heavy atom. The fourth-order valence-electron chi connectivity index (χ4n) is 2.02. The summed E-state index contributed by atoms with van der Waals surface area (Å²) in [6.07, 6.45) is 2.52. The lowest BCUT2D eigenvalue weighted by Crippen LogP contribution is -2.51. The van der Waals surface area contributed by atoms with Gasteiger partial charge < -0.3 is 0 Å². The molecular weight excluding hydrogens is 282 g/mol. The molecule has 1 heterocycles. The van der Waals surface area contributed by atoms with Crippen LogP contribution in [0.5, 0.6) is 0 Å². The van der Waals surface area contributed by atoms with Gasteiger partial charge in [0.15, 0.2) is 0 Å². The van der Waals surface area contributed by atoms with E-state index in [1.165, 1.54) is 6.92 Å². The van der Waals surface area contributed by atoms with Crippen molar-refractivity contribution in [2.45, 2.75) is 31.1 Å². The van der Waals surface area contributed by atoms with Gasteiger partial charge in [-0.25, -0.2) is 0 Å². The van der Waals surface area contributed by atoms with Gasteiger partial charge in [0.05, 0.1) is 12.9 Å². The van der Waals surface area contributed by atoms with Gasteiger partial charge in [0.2, 0.25) is 0 Å². The van der Waals surface area contributed by atoms with E-state index in [1.54, 1.807) is 4.90 Å². The highest BCUT2D eigenvalue weighted by atomic mass is 32.2. The van der Waals surface area contributed by atoms with E-state index >= 15 is 0 Å². The number of hydrogen-bond acceptors (Lipinski definition) is 6. The van der Waals surface area contributed by atoms with Gasteiger partial charge >= 0.3 is 0 Å². The van der Waals surface area contributed by atoms with E-state index in [2.05, 4.69) is 4.18 Å². The first-order chi connectivity index (χ1) is 8.06. The SMILES string of the molecule is CC(CCOS(C)(=O)=O)(N1CCCC1)S(=O)(=O)O. The van der Waals surface area contributed by atoms with Crippen molar-refractivity contribution in [3.8, 4) is 0 Å². The van der Waals surface area contributed by atoms with Crippen LogP contribution in [0.2, 0.25) is 0 Å². The van der Waals surface area contributed by atoms with Crippen LogP contribution in [0.1, 0.15) is 26.2 Å². The lowest BCUT2D eigenvalue weighted by atomic mass is 10.2. The third kappa shape index (κ3) is 3.89. The van der Waals surface area contributed by atoms with E-state index in [0.29, 0.717) is 13.1 Å². The van der Waals surface area contributed by atoms with E-state index in [9.17, 15) is 21.4 Å². The first-order valence-corrected chi connectivity index (χ1v) is 8.88. The maximum Gasteiger partial charge on any atom is 0.284 e. The average Bonchev–Trinajstić information content (AvgIpc) is 2.66. The summed E-state index contributed by atoms with van der Waals surface area (Å²) in [4.78, 5) is 0.155. The molecule has 1 rings (SSSR count). The van der Waals surface area contributed by atoms with Crippen molar-refractivity contribution in [1.82, 2.24) is 4.90 Å². The highest BCUT2D eigenvalue weighted by Gasteiger charge is 2.44. The lowest BCUT2D eigenvalue weighted by molar-refractivity contribution is 0.162. The smallest absolute Gasteiger partial charge is 0.284 e. The zero-order valence-electron chi connectivity index (χ0n) is 10.5. The Morgan fingerprint density at radius 3 is 2.11 bits per heavy atom. The monoisotopic (exact) mass is 301 g/mol. The van der Waals surface area contributed by atoms with Gasteiger partial charge in [0.1, 0.15) is 4.87 Å². The molecule has 1 aliphatic heterocycles. The Morgan fingerprint density at radius 2 is 1.72 bits per heavy atom. The lowest BCUT2D eigenvalue weighted by Gasteiger charge is -2.35. The Bertz CT molecular complexity index is 479. The van der Waals surface area contributed by atoms with Crippen LogP contribution in [-0.2, 0) is 24.4 Å². The van der Waals surface area contributed by atoms with Crippen molar-refractivity contribution >= 4 is 20.2 Å². The second-order valence-corrected chi connectivity index (χ2v) is 8.09. The minimum atomic E-state index is -4.31. The minimum absolute atomic E-state index is 0.0983. The van der Waals surface area contributed by atoms with Crippen molar-refractivity contribution in [2.24, 2.45) is 0 Å². The van der Waals surface area contributed by atoms with Crippen LogP contribution >= 0.6 is 0 Å². The second kappa shape index (κ2) is 5.41. The highest BCUT2D eigenvalue weighted by molar-refractivity contribution is 7.87. The molecule has 0 aromatic rings. The quantitative estimate of drug-likeness (QED) is 0.546. The van der Waals surface area contributed by atoms with Gasteiger partial charge in [-0.05, 0) is 32.9 Å². The number of likely N-dealkylation sites (tertiary alicyclic amines) is 1. The molecule has 1 fully saturated rings. The molecule has 1 unspecified atom stereocenters. The maximum atomic E-state index is 11.5. The minimum Gasteiger partial charge on any atom is -0.284 e. The molecule has 0 aromatic heterocycles. The van der Waals surface area contributed by atoms with E-state index in [-0.39, 0.29) is 13.0 Å². The van der Waals surface area contributed by atoms with Crippen LogP contribution in [0.15, 0.2) is 0 Å². The van der Waals surface area contributed by atoms with Gasteiger partial charge in [-0.2, -0.15) is 16.8 Å². The predicted octanol–water partition coefficient (Wildman–Crippen LogP) is 0.0525. The van der Waals surface area contributed by atoms with Crippen molar-refractivity contribution in [2.75, 3.05) is 26.0 Å². The van der Waals surface area contributed by atoms with Crippen LogP contribution in [0.25, 0.3) is 0 Å². The summed E-state index contributed by atoms with van der Waals surface area (Å²) in [5.74, 6) is 0. The van der Waals surface area contributed by atoms with Gasteiger partial charge in [0, 0.05) is 6.42 Å². The fourth-order valence-corrected chi connectivity index (χ4v) is 3.26. The summed E-state index contributed by atoms with van der Waals surface area (Å²) in [5.41, 5.74) is 0. The van der Waals surface area contributed by atoms with Crippen molar-refractivity contribution in [3.63, 3.8) is 0 Å². The largest absolute Gasteiger partial charge is 0.284 e. The molecule has 1 atom stereocenters. The molecule has 0 aliphatic carbocycles. The average molecular weight is 301 g/mol. The summed E-state index contributed by atoms with van der Waals surface area (Å²) in [6.45, 7) is 2.25. The molecule has 1 saturated heterocycles. The molecule has 7 nitrogen and oxygen atoms in total.